The van der Waals surface area contributed by atoms with Gasteiger partial charge in [-0.05, 0) is 80.2 Å². The third-order valence-electron chi connectivity index (χ3n) is 7.10. The fourth-order valence-electron chi connectivity index (χ4n) is 5.28. The highest BCUT2D eigenvalue weighted by Gasteiger charge is 2.41. The van der Waals surface area contributed by atoms with E-state index < -0.39 is 5.82 Å². The molecule has 1 aliphatic heterocycles. The highest BCUT2D eigenvalue weighted by Crippen LogP contribution is 2.42. The lowest BCUT2D eigenvalue weighted by Gasteiger charge is -2.28. The molecule has 2 atom stereocenters. The molecule has 10 heteroatoms. The average molecular weight is 578 g/mol. The molecular formula is C30H29ClFN5O2S. The van der Waals surface area contributed by atoms with E-state index in [1.807, 2.05) is 49.1 Å². The van der Waals surface area contributed by atoms with Crippen LogP contribution in [0.15, 0.2) is 72.9 Å². The number of nitrogens with zero attached hydrogens (tertiary/aromatic N) is 3. The number of halogens is 2. The maximum absolute atomic E-state index is 14.1. The molecule has 2 aromatic carbocycles. The molecule has 1 fully saturated rings. The zero-order valence-electron chi connectivity index (χ0n) is 22.3. The molecule has 2 unspecified atom stereocenters. The van der Waals surface area contributed by atoms with Gasteiger partial charge in [0.15, 0.2) is 5.11 Å². The van der Waals surface area contributed by atoms with Crippen LogP contribution in [0.25, 0.3) is 5.69 Å². The molecule has 0 saturated carbocycles. The number of thiocarbonyl (C=S) groups is 1. The van der Waals surface area contributed by atoms with Crippen LogP contribution in [0.2, 0.25) is 5.02 Å². The Balaban J connectivity index is 1.51. The van der Waals surface area contributed by atoms with Crippen molar-refractivity contribution in [3.05, 3.63) is 106 Å². The monoisotopic (exact) mass is 577 g/mol. The zero-order valence-corrected chi connectivity index (χ0v) is 23.9. The minimum Gasteiger partial charge on any atom is -0.495 e. The van der Waals surface area contributed by atoms with Gasteiger partial charge in [0.25, 0.3) is 0 Å². The second-order valence-corrected chi connectivity index (χ2v) is 10.4. The first-order valence-electron chi connectivity index (χ1n) is 12.8. The molecular weight excluding hydrogens is 549 g/mol. The SMILES string of the molecule is COc1ccc(Cl)cc1-n1c(C)cc(C2C(c3ccccn3)NC(=S)N2CCC(=O)Nc2ccccc2F)c1C. The minimum absolute atomic E-state index is 0.114. The summed E-state index contributed by atoms with van der Waals surface area (Å²) in [7, 11) is 1.63. The Kier molecular flexibility index (Phi) is 8.04. The number of pyridine rings is 1. The molecule has 206 valence electrons. The van der Waals surface area contributed by atoms with Gasteiger partial charge >= 0.3 is 0 Å². The van der Waals surface area contributed by atoms with Crippen LogP contribution in [0.1, 0.15) is 41.1 Å². The summed E-state index contributed by atoms with van der Waals surface area (Å²) in [5.41, 5.74) is 4.81. The molecule has 4 aromatic rings. The Morgan fingerprint density at radius 1 is 1.15 bits per heavy atom. The third kappa shape index (κ3) is 5.39. The fraction of sp³-hybridized carbons (Fsp3) is 0.233. The molecule has 0 bridgehead atoms. The number of aromatic nitrogens is 2. The number of hydrogen-bond acceptors (Lipinski definition) is 4. The second-order valence-electron chi connectivity index (χ2n) is 9.58. The highest BCUT2D eigenvalue weighted by molar-refractivity contribution is 7.80. The second kappa shape index (κ2) is 11.7. The maximum Gasteiger partial charge on any atom is 0.226 e. The van der Waals surface area contributed by atoms with E-state index in [-0.39, 0.29) is 30.1 Å². The number of amides is 1. The number of carbonyl (C=O) groups excluding carboxylic acids is 1. The molecule has 0 aliphatic carbocycles. The van der Waals surface area contributed by atoms with Crippen LogP contribution in [-0.2, 0) is 4.79 Å². The van der Waals surface area contributed by atoms with Crippen molar-refractivity contribution in [2.45, 2.75) is 32.4 Å². The number of ether oxygens (including phenoxy) is 1. The molecule has 5 rings (SSSR count). The molecule has 1 amide bonds. The summed E-state index contributed by atoms with van der Waals surface area (Å²) < 4.78 is 21.9. The van der Waals surface area contributed by atoms with Gasteiger partial charge in [-0.15, -0.1) is 0 Å². The van der Waals surface area contributed by atoms with E-state index in [0.717, 1.165) is 28.3 Å². The van der Waals surface area contributed by atoms with Crippen LogP contribution in [0.5, 0.6) is 5.75 Å². The number of aryl methyl sites for hydroxylation is 1. The number of methoxy groups -OCH3 is 1. The van der Waals surface area contributed by atoms with Crippen LogP contribution >= 0.6 is 23.8 Å². The third-order valence-corrected chi connectivity index (χ3v) is 7.68. The van der Waals surface area contributed by atoms with E-state index in [9.17, 15) is 9.18 Å². The van der Waals surface area contributed by atoms with E-state index in [0.29, 0.717) is 22.4 Å². The Hall–Kier alpha value is -3.95. The summed E-state index contributed by atoms with van der Waals surface area (Å²) in [5, 5.41) is 7.21. The van der Waals surface area contributed by atoms with Gasteiger partial charge in [-0.2, -0.15) is 0 Å². The number of benzene rings is 2. The van der Waals surface area contributed by atoms with Gasteiger partial charge in [0.2, 0.25) is 5.91 Å². The van der Waals surface area contributed by atoms with Crippen molar-refractivity contribution in [2.24, 2.45) is 0 Å². The number of carbonyl (C=O) groups is 1. The van der Waals surface area contributed by atoms with Crippen molar-refractivity contribution < 1.29 is 13.9 Å². The van der Waals surface area contributed by atoms with Crippen LogP contribution in [0.3, 0.4) is 0 Å². The molecule has 1 aliphatic rings. The average Bonchev–Trinajstić information content (AvgIpc) is 3.43. The number of para-hydroxylation sites is 1. The quantitative estimate of drug-likeness (QED) is 0.240. The predicted octanol–water partition coefficient (Wildman–Crippen LogP) is 6.29. The van der Waals surface area contributed by atoms with Gasteiger partial charge in [0.05, 0.1) is 36.3 Å². The van der Waals surface area contributed by atoms with Crippen LogP contribution in [-0.4, -0.2) is 39.1 Å². The summed E-state index contributed by atoms with van der Waals surface area (Å²) in [4.78, 5) is 19.4. The highest BCUT2D eigenvalue weighted by atomic mass is 35.5. The zero-order chi connectivity index (χ0) is 28.4. The van der Waals surface area contributed by atoms with Gasteiger partial charge in [0.1, 0.15) is 11.6 Å². The minimum atomic E-state index is -0.480. The molecule has 0 radical (unpaired) electrons. The summed E-state index contributed by atoms with van der Waals surface area (Å²) in [6.45, 7) is 4.40. The molecule has 2 N–H and O–H groups in total. The maximum atomic E-state index is 14.1. The van der Waals surface area contributed by atoms with Crippen LogP contribution in [0, 0.1) is 19.7 Å². The number of anilines is 1. The lowest BCUT2D eigenvalue weighted by atomic mass is 9.96. The Bertz CT molecular complexity index is 1560. The number of hydrogen-bond donors (Lipinski definition) is 2. The van der Waals surface area contributed by atoms with E-state index in [2.05, 4.69) is 26.3 Å². The first-order chi connectivity index (χ1) is 19.3. The van der Waals surface area contributed by atoms with Gasteiger partial charge in [-0.3, -0.25) is 9.78 Å². The Morgan fingerprint density at radius 2 is 1.93 bits per heavy atom. The van der Waals surface area contributed by atoms with Gasteiger partial charge in [0, 0.05) is 35.6 Å². The molecule has 1 saturated heterocycles. The topological polar surface area (TPSA) is 71.4 Å². The van der Waals surface area contributed by atoms with E-state index in [4.69, 9.17) is 28.6 Å². The molecule has 7 nitrogen and oxygen atoms in total. The van der Waals surface area contributed by atoms with Gasteiger partial charge < -0.3 is 24.8 Å². The van der Waals surface area contributed by atoms with Crippen molar-refractivity contribution in [3.8, 4) is 11.4 Å². The van der Waals surface area contributed by atoms with E-state index in [1.54, 1.807) is 31.5 Å². The van der Waals surface area contributed by atoms with Crippen molar-refractivity contribution in [1.82, 2.24) is 19.8 Å². The van der Waals surface area contributed by atoms with E-state index >= 15 is 0 Å². The van der Waals surface area contributed by atoms with Gasteiger partial charge in [-0.1, -0.05) is 29.8 Å². The Labute approximate surface area is 242 Å². The number of nitrogens with one attached hydrogen (secondary N) is 2. The first kappa shape index (κ1) is 27.6. The van der Waals surface area contributed by atoms with Gasteiger partial charge in [-0.25, -0.2) is 4.39 Å². The van der Waals surface area contributed by atoms with E-state index in [1.165, 1.54) is 12.1 Å². The normalized spacial score (nSPS) is 16.6. The molecule has 3 heterocycles. The first-order valence-corrected chi connectivity index (χ1v) is 13.6. The lowest BCUT2D eigenvalue weighted by Crippen LogP contribution is -2.33. The van der Waals surface area contributed by atoms with Crippen molar-refractivity contribution in [2.75, 3.05) is 19.0 Å². The number of rotatable bonds is 8. The predicted molar refractivity (Wildman–Crippen MR) is 159 cm³/mol. The van der Waals surface area contributed by atoms with Crippen molar-refractivity contribution >= 4 is 40.5 Å². The smallest absolute Gasteiger partial charge is 0.226 e. The van der Waals surface area contributed by atoms with Crippen molar-refractivity contribution in [1.29, 1.82) is 0 Å². The standard InChI is InChI=1S/C30H29ClFN5O2S/c1-18-16-21(19(2)37(18)25-17-20(31)11-12-26(25)39-3)29-28(24-10-6-7-14-33-24)35-30(40)36(29)15-13-27(38)34-23-9-5-4-8-22(23)32/h4-12,14,16-17,28-29H,13,15H2,1-3H3,(H,34,38)(H,35,40). The summed E-state index contributed by atoms with van der Waals surface area (Å²) in [6.07, 6.45) is 1.87. The van der Waals surface area contributed by atoms with Crippen molar-refractivity contribution in [3.63, 3.8) is 0 Å². The van der Waals surface area contributed by atoms with Crippen LogP contribution in [0.4, 0.5) is 10.1 Å². The summed E-state index contributed by atoms with van der Waals surface area (Å²) >= 11 is 12.2. The summed E-state index contributed by atoms with van der Waals surface area (Å²) in [6, 6.07) is 19.0. The molecule has 0 spiro atoms. The molecule has 40 heavy (non-hydrogen) atoms. The van der Waals surface area contributed by atoms with Crippen LogP contribution < -0.4 is 15.4 Å². The summed E-state index contributed by atoms with van der Waals surface area (Å²) in [5.74, 6) is -0.0889. The largest absolute Gasteiger partial charge is 0.495 e. The molecule has 2 aromatic heterocycles. The Morgan fingerprint density at radius 3 is 2.65 bits per heavy atom. The lowest BCUT2D eigenvalue weighted by molar-refractivity contribution is -0.116. The fourth-order valence-corrected chi connectivity index (χ4v) is 5.78.